The fourth-order valence-electron chi connectivity index (χ4n) is 3.77. The molecule has 2 aromatic rings. The van der Waals surface area contributed by atoms with Crippen LogP contribution in [0.25, 0.3) is 5.65 Å². The summed E-state index contributed by atoms with van der Waals surface area (Å²) in [5.74, 6) is 0.834. The van der Waals surface area contributed by atoms with Crippen LogP contribution >= 0.6 is 27.5 Å². The van der Waals surface area contributed by atoms with Crippen molar-refractivity contribution in [2.75, 3.05) is 24.6 Å². The molecule has 0 radical (unpaired) electrons. The summed E-state index contributed by atoms with van der Waals surface area (Å²) >= 11 is 9.78. The van der Waals surface area contributed by atoms with Crippen molar-refractivity contribution >= 4 is 39.1 Å². The van der Waals surface area contributed by atoms with E-state index in [2.05, 4.69) is 37.7 Å². The predicted octanol–water partition coefficient (Wildman–Crippen LogP) is 2.48. The third kappa shape index (κ3) is 2.36. The topological polar surface area (TPSA) is 68.7 Å². The van der Waals surface area contributed by atoms with Gasteiger partial charge in [0.1, 0.15) is 5.15 Å². The minimum atomic E-state index is 0.100. The zero-order valence-corrected chi connectivity index (χ0v) is 15.2. The number of aromatic nitrogens is 3. The van der Waals surface area contributed by atoms with Crippen molar-refractivity contribution in [3.8, 4) is 0 Å². The van der Waals surface area contributed by atoms with Crippen LogP contribution in [0.15, 0.2) is 16.9 Å². The Bertz CT molecular complexity index is 743. The molecule has 4 rings (SSSR count). The highest BCUT2D eigenvalue weighted by atomic mass is 79.9. The van der Waals surface area contributed by atoms with Crippen molar-refractivity contribution in [1.29, 1.82) is 0 Å². The summed E-state index contributed by atoms with van der Waals surface area (Å²) in [6.07, 6.45) is 5.58. The summed E-state index contributed by atoms with van der Waals surface area (Å²) in [4.78, 5) is 11.2. The second-order valence-electron chi connectivity index (χ2n) is 6.54. The van der Waals surface area contributed by atoms with Crippen LogP contribution in [-0.4, -0.2) is 46.2 Å². The lowest BCUT2D eigenvalue weighted by Gasteiger charge is -2.41. The Labute approximate surface area is 148 Å². The maximum Gasteiger partial charge on any atom is 0.212 e. The Kier molecular flexibility index (Phi) is 3.79. The van der Waals surface area contributed by atoms with Gasteiger partial charge in [0, 0.05) is 30.7 Å². The molecule has 2 fully saturated rings. The van der Waals surface area contributed by atoms with Crippen LogP contribution < -0.4 is 10.6 Å². The van der Waals surface area contributed by atoms with Crippen molar-refractivity contribution in [3.05, 3.63) is 22.0 Å². The van der Waals surface area contributed by atoms with Gasteiger partial charge in [-0.05, 0) is 35.7 Å². The van der Waals surface area contributed by atoms with Gasteiger partial charge in [-0.1, -0.05) is 11.6 Å². The van der Waals surface area contributed by atoms with Gasteiger partial charge in [0.15, 0.2) is 5.65 Å². The first-order valence-corrected chi connectivity index (χ1v) is 8.98. The van der Waals surface area contributed by atoms with Crippen molar-refractivity contribution < 1.29 is 4.74 Å². The van der Waals surface area contributed by atoms with E-state index in [1.165, 1.54) is 0 Å². The van der Waals surface area contributed by atoms with Crippen LogP contribution in [0, 0.1) is 5.41 Å². The average molecular weight is 401 g/mol. The van der Waals surface area contributed by atoms with Crippen LogP contribution in [0.1, 0.15) is 19.8 Å². The molecule has 6 nitrogen and oxygen atoms in total. The lowest BCUT2D eigenvalue weighted by atomic mass is 9.73. The molecule has 2 aromatic heterocycles. The Morgan fingerprint density at radius 1 is 1.35 bits per heavy atom. The van der Waals surface area contributed by atoms with Crippen molar-refractivity contribution in [2.24, 2.45) is 11.1 Å². The Morgan fingerprint density at radius 3 is 2.74 bits per heavy atom. The molecule has 0 aromatic carbocycles. The smallest absolute Gasteiger partial charge is 0.212 e. The van der Waals surface area contributed by atoms with E-state index in [-0.39, 0.29) is 17.6 Å². The summed E-state index contributed by atoms with van der Waals surface area (Å²) < 4.78 is 8.51. The predicted molar refractivity (Wildman–Crippen MR) is 93.0 cm³/mol. The summed E-state index contributed by atoms with van der Waals surface area (Å²) in [5.41, 5.74) is 7.28. The molecule has 1 spiro atoms. The molecular formula is C15H19BrClN5O. The van der Waals surface area contributed by atoms with E-state index in [4.69, 9.17) is 22.1 Å². The zero-order chi connectivity index (χ0) is 16.2. The number of nitrogens with two attached hydrogens (primary N) is 1. The molecule has 4 heterocycles. The molecule has 0 unspecified atom stereocenters. The van der Waals surface area contributed by atoms with Gasteiger partial charge in [-0.15, -0.1) is 0 Å². The van der Waals surface area contributed by atoms with Gasteiger partial charge in [-0.3, -0.25) is 4.40 Å². The van der Waals surface area contributed by atoms with E-state index in [0.29, 0.717) is 5.15 Å². The minimum Gasteiger partial charge on any atom is -0.376 e. The summed E-state index contributed by atoms with van der Waals surface area (Å²) in [7, 11) is 0. The molecule has 0 amide bonds. The number of hydrogen-bond donors (Lipinski definition) is 1. The van der Waals surface area contributed by atoms with Gasteiger partial charge >= 0.3 is 0 Å². The monoisotopic (exact) mass is 399 g/mol. The van der Waals surface area contributed by atoms with Gasteiger partial charge in [0.25, 0.3) is 0 Å². The van der Waals surface area contributed by atoms with Crippen LogP contribution in [0.5, 0.6) is 0 Å². The van der Waals surface area contributed by atoms with Crippen LogP contribution in [-0.2, 0) is 4.74 Å². The molecule has 2 aliphatic rings. The number of nitrogens with zero attached hydrogens (tertiary/aromatic N) is 4. The number of ether oxygens (including phenoxy) is 1. The van der Waals surface area contributed by atoms with Crippen LogP contribution in [0.3, 0.4) is 0 Å². The Balaban J connectivity index is 1.62. The first-order chi connectivity index (χ1) is 11.0. The summed E-state index contributed by atoms with van der Waals surface area (Å²) in [5, 5.41) is 0.568. The molecular weight excluding hydrogens is 382 g/mol. The van der Waals surface area contributed by atoms with Gasteiger partial charge in [0.05, 0.1) is 23.4 Å². The number of piperidine rings is 1. The quantitative estimate of drug-likeness (QED) is 0.796. The third-order valence-corrected chi connectivity index (χ3v) is 6.14. The summed E-state index contributed by atoms with van der Waals surface area (Å²) in [6.45, 7) is 4.61. The molecule has 2 aliphatic heterocycles. The number of halogens is 2. The second-order valence-corrected chi connectivity index (χ2v) is 7.78. The molecule has 8 heteroatoms. The fourth-order valence-corrected chi connectivity index (χ4v) is 4.35. The van der Waals surface area contributed by atoms with Crippen molar-refractivity contribution in [2.45, 2.75) is 31.9 Å². The molecule has 2 N–H and O–H groups in total. The van der Waals surface area contributed by atoms with E-state index in [0.717, 1.165) is 48.6 Å². The first kappa shape index (κ1) is 15.6. The Hall–Kier alpha value is -0.890. The normalized spacial score (nSPS) is 27.2. The van der Waals surface area contributed by atoms with Gasteiger partial charge in [-0.2, -0.15) is 0 Å². The third-order valence-electron chi connectivity index (χ3n) is 5.31. The number of hydrogen-bond acceptors (Lipinski definition) is 5. The highest BCUT2D eigenvalue weighted by Crippen LogP contribution is 2.42. The average Bonchev–Trinajstić information content (AvgIpc) is 3.07. The lowest BCUT2D eigenvalue weighted by molar-refractivity contribution is 0.0973. The van der Waals surface area contributed by atoms with Crippen molar-refractivity contribution in [3.63, 3.8) is 0 Å². The van der Waals surface area contributed by atoms with E-state index in [9.17, 15) is 0 Å². The first-order valence-electron chi connectivity index (χ1n) is 7.81. The van der Waals surface area contributed by atoms with E-state index < -0.39 is 0 Å². The fraction of sp³-hybridized carbons (Fsp3) is 0.600. The van der Waals surface area contributed by atoms with Crippen molar-refractivity contribution in [1.82, 2.24) is 14.4 Å². The lowest BCUT2D eigenvalue weighted by Crippen LogP contribution is -2.51. The highest BCUT2D eigenvalue weighted by molar-refractivity contribution is 9.10. The molecule has 0 bridgehead atoms. The molecule has 124 valence electrons. The molecule has 2 saturated heterocycles. The number of fused-ring (bicyclic) bond motifs is 1. The van der Waals surface area contributed by atoms with Crippen LogP contribution in [0.2, 0.25) is 5.15 Å². The molecule has 0 saturated carbocycles. The highest BCUT2D eigenvalue weighted by Gasteiger charge is 2.47. The molecule has 2 atom stereocenters. The van der Waals surface area contributed by atoms with Gasteiger partial charge in [-0.25, -0.2) is 9.97 Å². The SMILES string of the molecule is C[C@@H]1OCC2(CCN(c3ncc(Br)c4ncc(Cl)n34)CC2)[C@@H]1N. The van der Waals surface area contributed by atoms with E-state index in [1.807, 2.05) is 4.40 Å². The maximum atomic E-state index is 6.39. The second kappa shape index (κ2) is 5.58. The Morgan fingerprint density at radius 2 is 2.09 bits per heavy atom. The largest absolute Gasteiger partial charge is 0.376 e. The number of anilines is 1. The maximum absolute atomic E-state index is 6.39. The number of rotatable bonds is 1. The minimum absolute atomic E-state index is 0.100. The summed E-state index contributed by atoms with van der Waals surface area (Å²) in [6, 6.07) is 0.111. The van der Waals surface area contributed by atoms with Gasteiger partial charge < -0.3 is 15.4 Å². The molecule has 23 heavy (non-hydrogen) atoms. The van der Waals surface area contributed by atoms with Gasteiger partial charge in [0.2, 0.25) is 5.95 Å². The molecule has 0 aliphatic carbocycles. The van der Waals surface area contributed by atoms with E-state index >= 15 is 0 Å². The van der Waals surface area contributed by atoms with E-state index in [1.54, 1.807) is 12.4 Å². The number of imidazole rings is 1. The van der Waals surface area contributed by atoms with Crippen LogP contribution in [0.4, 0.5) is 5.95 Å². The standard InChI is InChI=1S/C15H19BrClN5O/c1-9-12(18)15(8-23-9)2-4-21(5-3-15)14-20-6-10(16)13-19-7-11(17)22(13)14/h6-7,9,12H,2-5,8,18H2,1H3/t9-,12+/m0/s1. The zero-order valence-electron chi connectivity index (χ0n) is 12.9.